The van der Waals surface area contributed by atoms with Crippen LogP contribution in [-0.2, 0) is 11.3 Å². The van der Waals surface area contributed by atoms with Gasteiger partial charge in [-0.3, -0.25) is 10.1 Å². The first kappa shape index (κ1) is 12.9. The molecule has 0 radical (unpaired) electrons. The number of rotatable bonds is 4. The summed E-state index contributed by atoms with van der Waals surface area (Å²) in [6.07, 6.45) is 2.10. The Morgan fingerprint density at radius 3 is 2.69 bits per heavy atom. The summed E-state index contributed by atoms with van der Waals surface area (Å²) in [4.78, 5) is 15.3. The van der Waals surface area contributed by atoms with Gasteiger partial charge in [-0.2, -0.15) is 0 Å². The van der Waals surface area contributed by atoms with Crippen molar-refractivity contribution in [1.29, 1.82) is 0 Å². The lowest BCUT2D eigenvalue weighted by molar-refractivity contribution is -0.111. The molecule has 0 saturated carbocycles. The minimum absolute atomic E-state index is 0.143. The number of nitrogens with one attached hydrogen (secondary N) is 1. The maximum Gasteiger partial charge on any atom is 0.157 e. The van der Waals surface area contributed by atoms with Crippen molar-refractivity contribution < 1.29 is 4.79 Å². The number of hydrogen-bond donors (Lipinski definition) is 2. The monoisotopic (exact) mass is 224 g/mol. The molecule has 5 heteroatoms. The second-order valence-corrected chi connectivity index (χ2v) is 4.86. The second-order valence-electron chi connectivity index (χ2n) is 4.86. The van der Waals surface area contributed by atoms with E-state index in [1.165, 1.54) is 0 Å². The number of carbonyl (C=O) groups is 1. The highest BCUT2D eigenvalue weighted by molar-refractivity contribution is 5.55. The van der Waals surface area contributed by atoms with Crippen LogP contribution in [0.5, 0.6) is 0 Å². The summed E-state index contributed by atoms with van der Waals surface area (Å²) in [6, 6.07) is 0. The van der Waals surface area contributed by atoms with Crippen molar-refractivity contribution in [2.75, 3.05) is 0 Å². The van der Waals surface area contributed by atoms with Crippen molar-refractivity contribution in [2.45, 2.75) is 45.9 Å². The van der Waals surface area contributed by atoms with Crippen LogP contribution in [0.15, 0.2) is 6.33 Å². The van der Waals surface area contributed by atoms with Gasteiger partial charge in [-0.1, -0.05) is 0 Å². The first-order valence-electron chi connectivity index (χ1n) is 5.34. The fourth-order valence-corrected chi connectivity index (χ4v) is 1.59. The molecule has 1 aromatic rings. The molecule has 0 bridgehead atoms. The van der Waals surface area contributed by atoms with E-state index in [0.29, 0.717) is 6.54 Å². The van der Waals surface area contributed by atoms with Crippen LogP contribution >= 0.6 is 0 Å². The number of hydrogen-bond acceptors (Lipinski definition) is 4. The Kier molecular flexibility index (Phi) is 3.83. The molecule has 1 rings (SSSR count). The van der Waals surface area contributed by atoms with Crippen LogP contribution in [0.25, 0.3) is 0 Å². The Morgan fingerprint density at radius 2 is 2.25 bits per heavy atom. The van der Waals surface area contributed by atoms with Gasteiger partial charge in [-0.15, -0.1) is 0 Å². The minimum atomic E-state index is -0.417. The summed E-state index contributed by atoms with van der Waals surface area (Å²) in [5, 5.41) is 3.21. The second kappa shape index (κ2) is 4.76. The Balaban J connectivity index is 2.99. The molecule has 0 fully saturated rings. The lowest BCUT2D eigenvalue weighted by atomic mass is 10.1. The van der Waals surface area contributed by atoms with Crippen LogP contribution < -0.4 is 11.1 Å². The molecule has 3 N–H and O–H groups in total. The lowest BCUT2D eigenvalue weighted by Crippen LogP contribution is -2.42. The molecule has 0 spiro atoms. The third kappa shape index (κ3) is 2.90. The van der Waals surface area contributed by atoms with Gasteiger partial charge in [0.15, 0.2) is 6.29 Å². The van der Waals surface area contributed by atoms with Gasteiger partial charge in [-0.05, 0) is 27.7 Å². The zero-order chi connectivity index (χ0) is 12.3. The standard InChI is InChI=1S/C11H20N4O/c1-8-9(5-12)15(7-13-8)10(6-16)14-11(2,3)4/h6-7,10,14H,5,12H2,1-4H3. The predicted molar refractivity (Wildman–Crippen MR) is 62.8 cm³/mol. The largest absolute Gasteiger partial charge is 0.325 e. The molecule has 0 aliphatic carbocycles. The van der Waals surface area contributed by atoms with Crippen molar-refractivity contribution in [2.24, 2.45) is 5.73 Å². The van der Waals surface area contributed by atoms with Gasteiger partial charge in [0.25, 0.3) is 0 Å². The maximum absolute atomic E-state index is 11.1. The van der Waals surface area contributed by atoms with E-state index < -0.39 is 6.17 Å². The molecule has 1 atom stereocenters. The summed E-state index contributed by atoms with van der Waals surface area (Å²) >= 11 is 0. The van der Waals surface area contributed by atoms with E-state index in [0.717, 1.165) is 17.7 Å². The van der Waals surface area contributed by atoms with Crippen LogP contribution in [0.4, 0.5) is 0 Å². The van der Waals surface area contributed by atoms with Crippen LogP contribution in [0.2, 0.25) is 0 Å². The minimum Gasteiger partial charge on any atom is -0.325 e. The van der Waals surface area contributed by atoms with Crippen LogP contribution in [-0.4, -0.2) is 21.4 Å². The topological polar surface area (TPSA) is 72.9 Å². The third-order valence-electron chi connectivity index (χ3n) is 2.31. The van der Waals surface area contributed by atoms with E-state index in [1.54, 1.807) is 10.9 Å². The average molecular weight is 224 g/mol. The number of carbonyl (C=O) groups excluding carboxylic acids is 1. The number of nitrogens with zero attached hydrogens (tertiary/aromatic N) is 2. The molecular weight excluding hydrogens is 204 g/mol. The van der Waals surface area contributed by atoms with E-state index in [9.17, 15) is 4.79 Å². The molecule has 0 saturated heterocycles. The Bertz CT molecular complexity index is 365. The number of aldehydes is 1. The highest BCUT2D eigenvalue weighted by Gasteiger charge is 2.20. The number of nitrogens with two attached hydrogens (primary N) is 1. The van der Waals surface area contributed by atoms with Gasteiger partial charge in [0.05, 0.1) is 17.7 Å². The summed E-state index contributed by atoms with van der Waals surface area (Å²) in [5.74, 6) is 0. The first-order chi connectivity index (χ1) is 7.39. The van der Waals surface area contributed by atoms with Crippen molar-refractivity contribution in [1.82, 2.24) is 14.9 Å². The van der Waals surface area contributed by atoms with Gasteiger partial charge in [0, 0.05) is 12.1 Å². The summed E-state index contributed by atoms with van der Waals surface area (Å²) in [7, 11) is 0. The molecule has 0 aliphatic rings. The number of imidazole rings is 1. The molecule has 0 aliphatic heterocycles. The van der Waals surface area contributed by atoms with Gasteiger partial charge in [0.1, 0.15) is 6.17 Å². The predicted octanol–water partition coefficient (Wildman–Crippen LogP) is 0.736. The Hall–Kier alpha value is -1.20. The van der Waals surface area contributed by atoms with Crippen LogP contribution in [0, 0.1) is 6.92 Å². The summed E-state index contributed by atoms with van der Waals surface area (Å²) < 4.78 is 1.79. The summed E-state index contributed by atoms with van der Waals surface area (Å²) in [6.45, 7) is 8.29. The smallest absolute Gasteiger partial charge is 0.157 e. The van der Waals surface area contributed by atoms with Crippen molar-refractivity contribution in [3.05, 3.63) is 17.7 Å². The quantitative estimate of drug-likeness (QED) is 0.740. The Labute approximate surface area is 96.0 Å². The summed E-state index contributed by atoms with van der Waals surface area (Å²) in [5.41, 5.74) is 7.25. The zero-order valence-corrected chi connectivity index (χ0v) is 10.3. The fourth-order valence-electron chi connectivity index (χ4n) is 1.59. The third-order valence-corrected chi connectivity index (χ3v) is 2.31. The average Bonchev–Trinajstić information content (AvgIpc) is 2.54. The molecular formula is C11H20N4O. The zero-order valence-electron chi connectivity index (χ0n) is 10.3. The molecule has 90 valence electrons. The lowest BCUT2D eigenvalue weighted by Gasteiger charge is -2.26. The van der Waals surface area contributed by atoms with E-state index in [4.69, 9.17) is 5.73 Å². The molecule has 1 aromatic heterocycles. The molecule has 5 nitrogen and oxygen atoms in total. The van der Waals surface area contributed by atoms with Gasteiger partial charge in [0.2, 0.25) is 0 Å². The van der Waals surface area contributed by atoms with Gasteiger partial charge >= 0.3 is 0 Å². The van der Waals surface area contributed by atoms with E-state index in [1.807, 2.05) is 27.7 Å². The first-order valence-corrected chi connectivity index (χ1v) is 5.34. The van der Waals surface area contributed by atoms with Crippen LogP contribution in [0.3, 0.4) is 0 Å². The highest BCUT2D eigenvalue weighted by Crippen LogP contribution is 2.13. The molecule has 0 amide bonds. The van der Waals surface area contributed by atoms with E-state index >= 15 is 0 Å². The van der Waals surface area contributed by atoms with Crippen molar-refractivity contribution in [3.63, 3.8) is 0 Å². The highest BCUT2D eigenvalue weighted by atomic mass is 16.1. The van der Waals surface area contributed by atoms with Gasteiger partial charge in [-0.25, -0.2) is 4.98 Å². The molecule has 1 heterocycles. The SMILES string of the molecule is Cc1ncn(C(C=O)NC(C)(C)C)c1CN. The van der Waals surface area contributed by atoms with Gasteiger partial charge < -0.3 is 10.3 Å². The maximum atomic E-state index is 11.1. The molecule has 16 heavy (non-hydrogen) atoms. The number of aromatic nitrogens is 2. The molecule has 0 aromatic carbocycles. The van der Waals surface area contributed by atoms with Crippen LogP contribution in [0.1, 0.15) is 38.3 Å². The van der Waals surface area contributed by atoms with E-state index in [-0.39, 0.29) is 5.54 Å². The normalized spacial score (nSPS) is 13.8. The molecule has 1 unspecified atom stereocenters. The Morgan fingerprint density at radius 1 is 1.62 bits per heavy atom. The fraction of sp³-hybridized carbons (Fsp3) is 0.636. The van der Waals surface area contributed by atoms with E-state index in [2.05, 4.69) is 10.3 Å². The van der Waals surface area contributed by atoms with Crippen molar-refractivity contribution in [3.8, 4) is 0 Å². The van der Waals surface area contributed by atoms with Crippen molar-refractivity contribution >= 4 is 6.29 Å². The number of aryl methyl sites for hydroxylation is 1.